The highest BCUT2D eigenvalue weighted by Gasteiger charge is 2.21. The van der Waals surface area contributed by atoms with Gasteiger partial charge in [0.1, 0.15) is 28.9 Å². The van der Waals surface area contributed by atoms with Crippen LogP contribution in [0.5, 0.6) is 22.3 Å². The quantitative estimate of drug-likeness (QED) is 0.465. The van der Waals surface area contributed by atoms with Crippen molar-refractivity contribution in [2.24, 2.45) is 5.92 Å². The van der Waals surface area contributed by atoms with Crippen molar-refractivity contribution in [1.82, 2.24) is 10.3 Å². The van der Waals surface area contributed by atoms with E-state index in [2.05, 4.69) is 10.3 Å². The Morgan fingerprint density at radius 3 is 2.65 bits per heavy atom. The summed E-state index contributed by atoms with van der Waals surface area (Å²) in [4.78, 5) is 15.6. The number of ether oxygens (including phenoxy) is 3. The summed E-state index contributed by atoms with van der Waals surface area (Å²) in [6.45, 7) is 4.59. The summed E-state index contributed by atoms with van der Waals surface area (Å²) in [7, 11) is 0. The summed E-state index contributed by atoms with van der Waals surface area (Å²) in [5, 5.41) is 4.39. The second-order valence-corrected chi connectivity index (χ2v) is 8.75. The Hall–Kier alpha value is -3.06. The van der Waals surface area contributed by atoms with E-state index in [-0.39, 0.29) is 11.9 Å². The standard InChI is InChI=1S/C24H26N2O4S/c1-16(26-17(2)27)14-28-20-10-8-19(9-11-20)24-25-13-23(31-24)30-22-5-3-4-21(12-22)29-15-18-6-7-18/h3-5,8-13,16,18H,6-7,14-15H2,1-2H3,(H,26,27)/t16-/m0/s1. The molecule has 1 aliphatic rings. The minimum atomic E-state index is -0.0641. The maximum absolute atomic E-state index is 11.1. The third kappa shape index (κ3) is 6.46. The highest BCUT2D eigenvalue weighted by atomic mass is 32.1. The molecular weight excluding hydrogens is 412 g/mol. The van der Waals surface area contributed by atoms with E-state index < -0.39 is 0 Å². The fourth-order valence-corrected chi connectivity index (χ4v) is 3.78. The molecule has 7 heteroatoms. The number of carbonyl (C=O) groups is 1. The van der Waals surface area contributed by atoms with E-state index in [4.69, 9.17) is 14.2 Å². The first-order chi connectivity index (χ1) is 15.0. The lowest BCUT2D eigenvalue weighted by atomic mass is 10.2. The second-order valence-electron chi connectivity index (χ2n) is 7.75. The van der Waals surface area contributed by atoms with Crippen LogP contribution in [0.15, 0.2) is 54.7 Å². The number of rotatable bonds is 10. The molecule has 0 aliphatic heterocycles. The summed E-state index contributed by atoms with van der Waals surface area (Å²) < 4.78 is 17.5. The van der Waals surface area contributed by atoms with Crippen molar-refractivity contribution in [2.45, 2.75) is 32.7 Å². The van der Waals surface area contributed by atoms with Crippen molar-refractivity contribution in [1.29, 1.82) is 0 Å². The van der Waals surface area contributed by atoms with E-state index in [0.717, 1.165) is 39.5 Å². The van der Waals surface area contributed by atoms with Gasteiger partial charge in [-0.2, -0.15) is 0 Å². The molecule has 162 valence electrons. The van der Waals surface area contributed by atoms with Crippen molar-refractivity contribution in [3.8, 4) is 32.9 Å². The van der Waals surface area contributed by atoms with Gasteiger partial charge in [-0.3, -0.25) is 4.79 Å². The van der Waals surface area contributed by atoms with Gasteiger partial charge in [0.05, 0.1) is 18.8 Å². The van der Waals surface area contributed by atoms with E-state index in [1.807, 2.05) is 55.5 Å². The van der Waals surface area contributed by atoms with Crippen LogP contribution in [0.3, 0.4) is 0 Å². The molecule has 3 aromatic rings. The maximum Gasteiger partial charge on any atom is 0.217 e. The zero-order valence-corrected chi connectivity index (χ0v) is 18.5. The fraction of sp³-hybridized carbons (Fsp3) is 0.333. The van der Waals surface area contributed by atoms with Gasteiger partial charge < -0.3 is 19.5 Å². The Kier molecular flexibility index (Phi) is 6.72. The van der Waals surface area contributed by atoms with Crippen molar-refractivity contribution in [3.63, 3.8) is 0 Å². The molecule has 4 rings (SSSR count). The largest absolute Gasteiger partial charge is 0.493 e. The van der Waals surface area contributed by atoms with Crippen LogP contribution in [0.2, 0.25) is 0 Å². The molecular formula is C24H26N2O4S. The number of aromatic nitrogens is 1. The summed E-state index contributed by atoms with van der Waals surface area (Å²) in [5.41, 5.74) is 0.989. The number of amides is 1. The Morgan fingerprint density at radius 1 is 1.13 bits per heavy atom. The molecule has 1 heterocycles. The van der Waals surface area contributed by atoms with Gasteiger partial charge in [0, 0.05) is 18.6 Å². The molecule has 1 amide bonds. The molecule has 31 heavy (non-hydrogen) atoms. The number of benzene rings is 2. The van der Waals surface area contributed by atoms with Gasteiger partial charge in [-0.25, -0.2) is 4.98 Å². The highest BCUT2D eigenvalue weighted by molar-refractivity contribution is 7.16. The van der Waals surface area contributed by atoms with Crippen LogP contribution >= 0.6 is 11.3 Å². The Bertz CT molecular complexity index is 1010. The lowest BCUT2D eigenvalue weighted by Crippen LogP contribution is -2.35. The topological polar surface area (TPSA) is 69.7 Å². The number of hydrogen-bond acceptors (Lipinski definition) is 6. The van der Waals surface area contributed by atoms with Crippen LogP contribution in [0.1, 0.15) is 26.7 Å². The zero-order valence-electron chi connectivity index (χ0n) is 17.7. The van der Waals surface area contributed by atoms with E-state index in [1.54, 1.807) is 6.20 Å². The van der Waals surface area contributed by atoms with Crippen LogP contribution in [-0.2, 0) is 4.79 Å². The number of nitrogens with zero attached hydrogens (tertiary/aromatic N) is 1. The first-order valence-electron chi connectivity index (χ1n) is 10.4. The van der Waals surface area contributed by atoms with Crippen molar-refractivity contribution in [2.75, 3.05) is 13.2 Å². The van der Waals surface area contributed by atoms with Gasteiger partial charge >= 0.3 is 0 Å². The van der Waals surface area contributed by atoms with E-state index in [0.29, 0.717) is 12.5 Å². The van der Waals surface area contributed by atoms with Crippen LogP contribution in [-0.4, -0.2) is 30.1 Å². The first kappa shape index (κ1) is 21.2. The third-order valence-corrected chi connectivity index (χ3v) is 5.67. The van der Waals surface area contributed by atoms with Gasteiger partial charge in [0.25, 0.3) is 0 Å². The molecule has 1 aliphatic carbocycles. The molecule has 1 fully saturated rings. The van der Waals surface area contributed by atoms with Crippen LogP contribution in [0, 0.1) is 5.92 Å². The minimum absolute atomic E-state index is 0.0477. The number of nitrogens with one attached hydrogen (secondary N) is 1. The number of carbonyl (C=O) groups excluding carboxylic acids is 1. The molecule has 1 saturated carbocycles. The molecule has 0 spiro atoms. The Labute approximate surface area is 186 Å². The van der Waals surface area contributed by atoms with Gasteiger partial charge in [-0.15, -0.1) is 0 Å². The Morgan fingerprint density at radius 2 is 1.90 bits per heavy atom. The second kappa shape index (κ2) is 9.83. The smallest absolute Gasteiger partial charge is 0.217 e. The lowest BCUT2D eigenvalue weighted by molar-refractivity contribution is -0.119. The van der Waals surface area contributed by atoms with Crippen molar-refractivity contribution < 1.29 is 19.0 Å². The summed E-state index contributed by atoms with van der Waals surface area (Å²) in [6, 6.07) is 15.4. The predicted molar refractivity (Wildman–Crippen MR) is 121 cm³/mol. The molecule has 1 N–H and O–H groups in total. The molecule has 1 atom stereocenters. The molecule has 0 radical (unpaired) electrons. The van der Waals surface area contributed by atoms with Crippen LogP contribution in [0.25, 0.3) is 10.6 Å². The monoisotopic (exact) mass is 438 g/mol. The normalized spacial score (nSPS) is 14.0. The fourth-order valence-electron chi connectivity index (χ4n) is 2.99. The van der Waals surface area contributed by atoms with Crippen LogP contribution in [0.4, 0.5) is 0 Å². The van der Waals surface area contributed by atoms with Crippen LogP contribution < -0.4 is 19.5 Å². The zero-order chi connectivity index (χ0) is 21.6. The van der Waals surface area contributed by atoms with E-state index in [1.165, 1.54) is 31.1 Å². The highest BCUT2D eigenvalue weighted by Crippen LogP contribution is 2.35. The molecule has 2 aromatic carbocycles. The van der Waals surface area contributed by atoms with Crippen molar-refractivity contribution >= 4 is 17.2 Å². The maximum atomic E-state index is 11.1. The summed E-state index contributed by atoms with van der Waals surface area (Å²) in [5.74, 6) is 2.96. The molecule has 0 unspecified atom stereocenters. The summed E-state index contributed by atoms with van der Waals surface area (Å²) in [6.07, 6.45) is 4.27. The number of thiazole rings is 1. The molecule has 1 aromatic heterocycles. The molecule has 0 bridgehead atoms. The third-order valence-electron chi connectivity index (χ3n) is 4.74. The average molecular weight is 439 g/mol. The predicted octanol–water partition coefficient (Wildman–Crippen LogP) is 5.29. The van der Waals surface area contributed by atoms with E-state index in [9.17, 15) is 4.79 Å². The van der Waals surface area contributed by atoms with Gasteiger partial charge in [-0.1, -0.05) is 17.4 Å². The SMILES string of the molecule is CC(=O)N[C@@H](C)COc1ccc(-c2ncc(Oc3cccc(OCC4CC4)c3)s2)cc1. The molecule has 0 saturated heterocycles. The minimum Gasteiger partial charge on any atom is -0.493 e. The van der Waals surface area contributed by atoms with Crippen molar-refractivity contribution in [3.05, 3.63) is 54.7 Å². The van der Waals surface area contributed by atoms with E-state index >= 15 is 0 Å². The van der Waals surface area contributed by atoms with Gasteiger partial charge in [-0.05, 0) is 62.1 Å². The number of hydrogen-bond donors (Lipinski definition) is 1. The summed E-state index contributed by atoms with van der Waals surface area (Å²) >= 11 is 1.48. The average Bonchev–Trinajstić information content (AvgIpc) is 3.48. The van der Waals surface area contributed by atoms with Gasteiger partial charge in [0.2, 0.25) is 11.0 Å². The molecule has 6 nitrogen and oxygen atoms in total. The first-order valence-corrected chi connectivity index (χ1v) is 11.2. The lowest BCUT2D eigenvalue weighted by Gasteiger charge is -2.13. The Balaban J connectivity index is 1.33. The van der Waals surface area contributed by atoms with Gasteiger partial charge in [0.15, 0.2) is 0 Å².